The lowest BCUT2D eigenvalue weighted by Crippen LogP contribution is -2.12. The maximum Gasteiger partial charge on any atom is 0.184 e. The first-order valence-electron chi connectivity index (χ1n) is 6.50. The van der Waals surface area contributed by atoms with Crippen LogP contribution >= 0.6 is 11.6 Å². The summed E-state index contributed by atoms with van der Waals surface area (Å²) in [6.45, 7) is 4.29. The smallest absolute Gasteiger partial charge is 0.184 e. The van der Waals surface area contributed by atoms with Gasteiger partial charge in [-0.05, 0) is 41.5 Å². The van der Waals surface area contributed by atoms with Gasteiger partial charge in [-0.15, -0.1) is 5.10 Å². The van der Waals surface area contributed by atoms with Gasteiger partial charge in [0.2, 0.25) is 0 Å². The number of halogens is 1. The molecule has 2 aromatic rings. The first-order chi connectivity index (χ1) is 9.17. The Balaban J connectivity index is 2.46. The van der Waals surface area contributed by atoms with E-state index in [4.69, 9.17) is 17.3 Å². The van der Waals surface area contributed by atoms with Crippen LogP contribution in [0, 0.1) is 0 Å². The average molecular weight is 280 g/mol. The molecule has 1 aromatic carbocycles. The maximum atomic E-state index is 6.03. The highest BCUT2D eigenvalue weighted by atomic mass is 35.5. The molecule has 0 saturated carbocycles. The van der Waals surface area contributed by atoms with E-state index >= 15 is 0 Å². The summed E-state index contributed by atoms with van der Waals surface area (Å²) in [6, 6.07) is 5.63. The number of nitrogens with zero attached hydrogens (tertiary/aromatic N) is 4. The molecule has 0 radical (unpaired) electrons. The van der Waals surface area contributed by atoms with E-state index in [0.29, 0.717) is 16.5 Å². The fraction of sp³-hybridized carbons (Fsp3) is 0.462. The fourth-order valence-corrected chi connectivity index (χ4v) is 2.34. The molecule has 1 aromatic heterocycles. The van der Waals surface area contributed by atoms with Crippen LogP contribution in [0.5, 0.6) is 0 Å². The molecule has 0 saturated heterocycles. The Hall–Kier alpha value is -1.62. The fourth-order valence-electron chi connectivity index (χ4n) is 2.17. The molecule has 2 N–H and O–H groups in total. The Bertz CT molecular complexity index is 552. The van der Waals surface area contributed by atoms with Crippen molar-refractivity contribution in [3.8, 4) is 11.4 Å². The van der Waals surface area contributed by atoms with Crippen molar-refractivity contribution in [2.75, 3.05) is 5.73 Å². The summed E-state index contributed by atoms with van der Waals surface area (Å²) in [7, 11) is 0. The molecule has 6 heteroatoms. The van der Waals surface area contributed by atoms with Crippen LogP contribution in [-0.2, 0) is 0 Å². The highest BCUT2D eigenvalue weighted by molar-refractivity contribution is 6.31. The second-order valence-corrected chi connectivity index (χ2v) is 4.97. The van der Waals surface area contributed by atoms with Crippen molar-refractivity contribution in [1.82, 2.24) is 20.2 Å². The van der Waals surface area contributed by atoms with Crippen LogP contribution in [0.15, 0.2) is 18.2 Å². The van der Waals surface area contributed by atoms with E-state index in [1.807, 2.05) is 4.68 Å². The Labute approximate surface area is 117 Å². The lowest BCUT2D eigenvalue weighted by Gasteiger charge is -2.16. The number of benzene rings is 1. The van der Waals surface area contributed by atoms with Gasteiger partial charge >= 0.3 is 0 Å². The Kier molecular flexibility index (Phi) is 4.37. The number of nitrogens with two attached hydrogens (primary N) is 1. The summed E-state index contributed by atoms with van der Waals surface area (Å²) in [6.07, 6.45) is 3.10. The lowest BCUT2D eigenvalue weighted by molar-refractivity contribution is 0.404. The molecule has 0 amide bonds. The summed E-state index contributed by atoms with van der Waals surface area (Å²) >= 11 is 6.03. The second kappa shape index (κ2) is 6.02. The average Bonchev–Trinajstić information content (AvgIpc) is 2.87. The quantitative estimate of drug-likeness (QED) is 0.852. The van der Waals surface area contributed by atoms with Crippen molar-refractivity contribution in [3.63, 3.8) is 0 Å². The first-order valence-corrected chi connectivity index (χ1v) is 6.88. The van der Waals surface area contributed by atoms with Crippen molar-refractivity contribution >= 4 is 17.3 Å². The van der Waals surface area contributed by atoms with E-state index < -0.39 is 0 Å². The predicted octanol–water partition coefficient (Wildman–Crippen LogP) is 3.33. The highest BCUT2D eigenvalue weighted by Gasteiger charge is 2.18. The van der Waals surface area contributed by atoms with Crippen LogP contribution in [0.3, 0.4) is 0 Å². The SMILES string of the molecule is CCCC(CC)n1nnnc1-c1cc(Cl)ccc1N. The third-order valence-electron chi connectivity index (χ3n) is 3.19. The summed E-state index contributed by atoms with van der Waals surface area (Å²) in [5.41, 5.74) is 7.41. The molecule has 102 valence electrons. The van der Waals surface area contributed by atoms with Gasteiger partial charge in [-0.25, -0.2) is 4.68 Å². The number of rotatable bonds is 5. The van der Waals surface area contributed by atoms with Crippen LogP contribution in [0.4, 0.5) is 5.69 Å². The van der Waals surface area contributed by atoms with Crippen molar-refractivity contribution in [2.45, 2.75) is 39.2 Å². The minimum Gasteiger partial charge on any atom is -0.398 e. The van der Waals surface area contributed by atoms with Gasteiger partial charge in [0.25, 0.3) is 0 Å². The molecular weight excluding hydrogens is 262 g/mol. The standard InChI is InChI=1S/C13H18ClN5/c1-3-5-10(4-2)19-13(16-17-18-19)11-8-9(14)6-7-12(11)15/h6-8,10H,3-5,15H2,1-2H3. The van der Waals surface area contributed by atoms with E-state index in [9.17, 15) is 0 Å². The van der Waals surface area contributed by atoms with E-state index in [0.717, 1.165) is 24.8 Å². The van der Waals surface area contributed by atoms with Crippen molar-refractivity contribution in [3.05, 3.63) is 23.2 Å². The molecule has 0 spiro atoms. The summed E-state index contributed by atoms with van der Waals surface area (Å²) in [5, 5.41) is 12.6. The highest BCUT2D eigenvalue weighted by Crippen LogP contribution is 2.29. The summed E-state index contributed by atoms with van der Waals surface area (Å²) in [4.78, 5) is 0. The van der Waals surface area contributed by atoms with E-state index in [2.05, 4.69) is 29.4 Å². The van der Waals surface area contributed by atoms with Gasteiger partial charge in [0.15, 0.2) is 5.82 Å². The Morgan fingerprint density at radius 2 is 2.16 bits per heavy atom. The van der Waals surface area contributed by atoms with E-state index in [-0.39, 0.29) is 6.04 Å². The van der Waals surface area contributed by atoms with Gasteiger partial charge in [0, 0.05) is 16.3 Å². The summed E-state index contributed by atoms with van der Waals surface area (Å²) in [5.74, 6) is 0.681. The van der Waals surface area contributed by atoms with E-state index in [1.54, 1.807) is 18.2 Å². The molecule has 0 aliphatic carbocycles. The molecule has 1 atom stereocenters. The molecule has 0 aliphatic heterocycles. The zero-order valence-corrected chi connectivity index (χ0v) is 11.9. The minimum absolute atomic E-state index is 0.286. The molecule has 1 heterocycles. The molecule has 5 nitrogen and oxygen atoms in total. The number of tetrazole rings is 1. The van der Waals surface area contributed by atoms with Crippen LogP contribution in [0.1, 0.15) is 39.2 Å². The number of anilines is 1. The lowest BCUT2D eigenvalue weighted by atomic mass is 10.1. The number of hydrogen-bond acceptors (Lipinski definition) is 4. The number of nitrogen functional groups attached to an aromatic ring is 1. The van der Waals surface area contributed by atoms with Crippen molar-refractivity contribution in [1.29, 1.82) is 0 Å². The van der Waals surface area contributed by atoms with Gasteiger partial charge in [-0.1, -0.05) is 31.9 Å². The van der Waals surface area contributed by atoms with Crippen LogP contribution in [0.25, 0.3) is 11.4 Å². The molecule has 1 unspecified atom stereocenters. The molecule has 2 rings (SSSR count). The third-order valence-corrected chi connectivity index (χ3v) is 3.42. The largest absolute Gasteiger partial charge is 0.398 e. The molecule has 0 bridgehead atoms. The normalized spacial score (nSPS) is 12.6. The van der Waals surface area contributed by atoms with Gasteiger partial charge in [0.1, 0.15) is 0 Å². The Morgan fingerprint density at radius 1 is 1.37 bits per heavy atom. The maximum absolute atomic E-state index is 6.03. The second-order valence-electron chi connectivity index (χ2n) is 4.53. The number of hydrogen-bond donors (Lipinski definition) is 1. The van der Waals surface area contributed by atoms with Gasteiger partial charge in [-0.2, -0.15) is 0 Å². The van der Waals surface area contributed by atoms with Crippen LogP contribution < -0.4 is 5.73 Å². The van der Waals surface area contributed by atoms with Gasteiger partial charge < -0.3 is 5.73 Å². The minimum atomic E-state index is 0.286. The number of aromatic nitrogens is 4. The monoisotopic (exact) mass is 279 g/mol. The van der Waals surface area contributed by atoms with Gasteiger partial charge in [-0.3, -0.25) is 0 Å². The molecule has 19 heavy (non-hydrogen) atoms. The zero-order valence-electron chi connectivity index (χ0n) is 11.2. The van der Waals surface area contributed by atoms with Crippen LogP contribution in [-0.4, -0.2) is 20.2 Å². The van der Waals surface area contributed by atoms with Crippen molar-refractivity contribution in [2.24, 2.45) is 0 Å². The first kappa shape index (κ1) is 13.8. The summed E-state index contributed by atoms with van der Waals surface area (Å²) < 4.78 is 1.85. The van der Waals surface area contributed by atoms with Gasteiger partial charge in [0.05, 0.1) is 6.04 Å². The topological polar surface area (TPSA) is 69.6 Å². The zero-order chi connectivity index (χ0) is 13.8. The molecule has 0 fully saturated rings. The third kappa shape index (κ3) is 2.87. The predicted molar refractivity (Wildman–Crippen MR) is 76.9 cm³/mol. The molecule has 0 aliphatic rings. The van der Waals surface area contributed by atoms with E-state index in [1.165, 1.54) is 0 Å². The van der Waals surface area contributed by atoms with Crippen molar-refractivity contribution < 1.29 is 0 Å². The van der Waals surface area contributed by atoms with Crippen LogP contribution in [0.2, 0.25) is 5.02 Å². The molecular formula is C13H18ClN5. The Morgan fingerprint density at radius 3 is 2.84 bits per heavy atom.